The summed E-state index contributed by atoms with van der Waals surface area (Å²) in [6, 6.07) is 1.97. The van der Waals surface area contributed by atoms with E-state index >= 15 is 0 Å². The lowest BCUT2D eigenvalue weighted by Crippen LogP contribution is -2.36. The second-order valence-corrected chi connectivity index (χ2v) is 6.72. The highest BCUT2D eigenvalue weighted by Crippen LogP contribution is 2.22. The molecule has 0 fully saturated rings. The Labute approximate surface area is 150 Å². The molecule has 132 valence electrons. The molecule has 0 radical (unpaired) electrons. The summed E-state index contributed by atoms with van der Waals surface area (Å²) in [5, 5.41) is 20.0. The summed E-state index contributed by atoms with van der Waals surface area (Å²) in [5.41, 5.74) is 1.75. The lowest BCUT2D eigenvalue weighted by molar-refractivity contribution is 0.194. The zero-order valence-electron chi connectivity index (χ0n) is 14.0. The van der Waals surface area contributed by atoms with Crippen LogP contribution in [0.1, 0.15) is 23.3 Å². The molecule has 8 nitrogen and oxygen atoms in total. The van der Waals surface area contributed by atoms with Crippen molar-refractivity contribution in [3.05, 3.63) is 53.1 Å². The predicted octanol–water partition coefficient (Wildman–Crippen LogP) is 1.06. The summed E-state index contributed by atoms with van der Waals surface area (Å²) in [5.74, 6) is 0.600. The number of hydrogen-bond donors (Lipinski definition) is 1. The van der Waals surface area contributed by atoms with Gasteiger partial charge in [-0.25, -0.2) is 4.98 Å². The zero-order chi connectivity index (χ0) is 17.4. The van der Waals surface area contributed by atoms with Crippen molar-refractivity contribution in [1.29, 1.82) is 0 Å². The molecular weight excluding hydrogens is 342 g/mol. The highest BCUT2D eigenvalue weighted by atomic mass is 35.5. The van der Waals surface area contributed by atoms with Crippen LogP contribution in [0.25, 0.3) is 0 Å². The lowest BCUT2D eigenvalue weighted by atomic mass is 10.2. The lowest BCUT2D eigenvalue weighted by Gasteiger charge is -2.27. The molecule has 3 aromatic rings. The molecular formula is C16H20ClN7O. The van der Waals surface area contributed by atoms with E-state index in [4.69, 9.17) is 11.6 Å². The molecule has 0 aromatic carbocycles. The molecule has 25 heavy (non-hydrogen) atoms. The maximum Gasteiger partial charge on any atom is 0.155 e. The molecule has 3 aromatic heterocycles. The smallest absolute Gasteiger partial charge is 0.155 e. The van der Waals surface area contributed by atoms with Crippen LogP contribution in [0.15, 0.2) is 30.9 Å². The topological polar surface area (TPSA) is 76.9 Å². The molecule has 0 saturated carbocycles. The average Bonchev–Trinajstić information content (AvgIpc) is 3.31. The van der Waals surface area contributed by atoms with Crippen molar-refractivity contribution < 1.29 is 5.11 Å². The van der Waals surface area contributed by atoms with Gasteiger partial charge >= 0.3 is 0 Å². The van der Waals surface area contributed by atoms with Gasteiger partial charge in [-0.1, -0.05) is 11.6 Å². The molecule has 4 rings (SSSR count). The maximum atomic E-state index is 10.5. The Morgan fingerprint density at radius 2 is 2.20 bits per heavy atom. The van der Waals surface area contributed by atoms with E-state index in [0.717, 1.165) is 38.4 Å². The van der Waals surface area contributed by atoms with Gasteiger partial charge in [0.05, 0.1) is 35.7 Å². The number of aliphatic hydroxyl groups excluding tert-OH is 1. The van der Waals surface area contributed by atoms with Crippen molar-refractivity contribution >= 4 is 11.6 Å². The number of aliphatic hydroxyl groups is 1. The van der Waals surface area contributed by atoms with Crippen LogP contribution in [0.4, 0.5) is 0 Å². The van der Waals surface area contributed by atoms with Crippen LogP contribution in [0.5, 0.6) is 0 Å². The van der Waals surface area contributed by atoms with E-state index in [2.05, 4.69) is 20.1 Å². The number of aryl methyl sites for hydroxylation is 1. The molecule has 1 atom stereocenters. The van der Waals surface area contributed by atoms with E-state index in [1.807, 2.05) is 39.4 Å². The molecule has 0 saturated heterocycles. The second-order valence-electron chi connectivity index (χ2n) is 6.28. The summed E-state index contributed by atoms with van der Waals surface area (Å²) in [4.78, 5) is 6.56. The molecule has 1 aliphatic rings. The van der Waals surface area contributed by atoms with E-state index in [0.29, 0.717) is 16.5 Å². The first-order valence-electron chi connectivity index (χ1n) is 8.22. The Hall–Kier alpha value is -2.16. The average molecular weight is 362 g/mol. The molecule has 0 aliphatic carbocycles. The van der Waals surface area contributed by atoms with Gasteiger partial charge in [0.25, 0.3) is 0 Å². The fourth-order valence-electron chi connectivity index (χ4n) is 3.14. The quantitative estimate of drug-likeness (QED) is 0.735. The Balaban J connectivity index is 1.43. The highest BCUT2D eigenvalue weighted by molar-refractivity contribution is 6.30. The van der Waals surface area contributed by atoms with Gasteiger partial charge in [0, 0.05) is 45.3 Å². The number of nitrogens with zero attached hydrogens (tertiary/aromatic N) is 7. The fourth-order valence-corrected chi connectivity index (χ4v) is 3.30. The minimum absolute atomic E-state index is 0.600. The molecule has 0 bridgehead atoms. The second kappa shape index (κ2) is 6.62. The Morgan fingerprint density at radius 1 is 1.32 bits per heavy atom. The Kier molecular flexibility index (Phi) is 4.32. The minimum atomic E-state index is -0.808. The van der Waals surface area contributed by atoms with Gasteiger partial charge in [0.2, 0.25) is 0 Å². The van der Waals surface area contributed by atoms with E-state index in [1.54, 1.807) is 12.4 Å². The Morgan fingerprint density at radius 3 is 2.92 bits per heavy atom. The molecule has 1 aliphatic heterocycles. The number of halogens is 1. The van der Waals surface area contributed by atoms with Gasteiger partial charge in [-0.3, -0.25) is 14.3 Å². The van der Waals surface area contributed by atoms with Crippen molar-refractivity contribution in [2.45, 2.75) is 25.7 Å². The first-order chi connectivity index (χ1) is 12.1. The van der Waals surface area contributed by atoms with Gasteiger partial charge in [-0.2, -0.15) is 10.2 Å². The van der Waals surface area contributed by atoms with E-state index in [-0.39, 0.29) is 0 Å². The number of imidazole rings is 1. The number of fused-ring (bicyclic) bond motifs is 1. The first kappa shape index (κ1) is 16.3. The monoisotopic (exact) mass is 361 g/mol. The normalized spacial score (nSPS) is 16.1. The minimum Gasteiger partial charge on any atom is -0.379 e. The van der Waals surface area contributed by atoms with Crippen molar-refractivity contribution in [3.8, 4) is 0 Å². The third kappa shape index (κ3) is 3.33. The van der Waals surface area contributed by atoms with Gasteiger partial charge in [-0.15, -0.1) is 0 Å². The van der Waals surface area contributed by atoms with Crippen molar-refractivity contribution in [1.82, 2.24) is 34.0 Å². The summed E-state index contributed by atoms with van der Waals surface area (Å²) < 4.78 is 5.64. The zero-order valence-corrected chi connectivity index (χ0v) is 14.7. The maximum absolute atomic E-state index is 10.5. The largest absolute Gasteiger partial charge is 0.379 e. The molecule has 0 unspecified atom stereocenters. The van der Waals surface area contributed by atoms with Crippen molar-refractivity contribution in [3.63, 3.8) is 0 Å². The summed E-state index contributed by atoms with van der Waals surface area (Å²) in [7, 11) is 1.87. The third-order valence-corrected chi connectivity index (χ3v) is 4.72. The standard InChI is InChI=1S/C16H20ClN7O/c1-21-3-2-18-16(21)15(25)14-8-13-11-22(5-7-24(13)20-14)4-6-23-10-12(17)9-19-23/h2-3,8-10,15,25H,4-7,11H2,1H3/t15-/m0/s1. The van der Waals surface area contributed by atoms with Crippen LogP contribution in [0.3, 0.4) is 0 Å². The SMILES string of the molecule is Cn1ccnc1[C@@H](O)c1cc2n(n1)CCN(CCn1cc(Cl)cn1)C2. The van der Waals surface area contributed by atoms with Crippen molar-refractivity contribution in [2.24, 2.45) is 7.05 Å². The van der Waals surface area contributed by atoms with Gasteiger partial charge in [-0.05, 0) is 6.07 Å². The number of rotatable bonds is 5. The third-order valence-electron chi connectivity index (χ3n) is 4.53. The van der Waals surface area contributed by atoms with E-state index in [9.17, 15) is 5.11 Å². The number of aromatic nitrogens is 6. The summed E-state index contributed by atoms with van der Waals surface area (Å²) >= 11 is 5.90. The highest BCUT2D eigenvalue weighted by Gasteiger charge is 2.23. The van der Waals surface area contributed by atoms with Crippen LogP contribution < -0.4 is 0 Å². The van der Waals surface area contributed by atoms with E-state index in [1.165, 1.54) is 0 Å². The summed E-state index contributed by atoms with van der Waals surface area (Å²) in [6.45, 7) is 4.21. The van der Waals surface area contributed by atoms with Crippen LogP contribution >= 0.6 is 11.6 Å². The molecule has 0 spiro atoms. The number of hydrogen-bond acceptors (Lipinski definition) is 5. The molecule has 0 amide bonds. The van der Waals surface area contributed by atoms with Crippen LogP contribution in [0, 0.1) is 0 Å². The fraction of sp³-hybridized carbons (Fsp3) is 0.438. The van der Waals surface area contributed by atoms with E-state index < -0.39 is 6.10 Å². The summed E-state index contributed by atoms with van der Waals surface area (Å²) in [6.07, 6.45) is 6.17. The molecule has 1 N–H and O–H groups in total. The van der Waals surface area contributed by atoms with Crippen LogP contribution in [0.2, 0.25) is 5.02 Å². The Bertz CT molecular complexity index is 868. The van der Waals surface area contributed by atoms with Gasteiger partial charge in [0.15, 0.2) is 6.10 Å². The molecule has 9 heteroatoms. The first-order valence-corrected chi connectivity index (χ1v) is 8.60. The van der Waals surface area contributed by atoms with Crippen molar-refractivity contribution in [2.75, 3.05) is 13.1 Å². The van der Waals surface area contributed by atoms with Gasteiger partial charge in [0.1, 0.15) is 5.82 Å². The predicted molar refractivity (Wildman–Crippen MR) is 92.0 cm³/mol. The van der Waals surface area contributed by atoms with Gasteiger partial charge < -0.3 is 9.67 Å². The van der Waals surface area contributed by atoms with Crippen LogP contribution in [-0.2, 0) is 26.7 Å². The molecule has 4 heterocycles. The van der Waals surface area contributed by atoms with Crippen LogP contribution in [-0.4, -0.2) is 52.2 Å².